The maximum atomic E-state index is 13.1. The van der Waals surface area contributed by atoms with Crippen molar-refractivity contribution in [2.45, 2.75) is 36.1 Å². The Bertz CT molecular complexity index is 809. The summed E-state index contributed by atoms with van der Waals surface area (Å²) in [7, 11) is -3.16. The lowest BCUT2D eigenvalue weighted by molar-refractivity contribution is 0.509. The second-order valence-corrected chi connectivity index (χ2v) is 8.75. The van der Waals surface area contributed by atoms with E-state index in [2.05, 4.69) is 12.2 Å². The van der Waals surface area contributed by atoms with Crippen molar-refractivity contribution in [2.75, 3.05) is 12.8 Å². The van der Waals surface area contributed by atoms with Crippen molar-refractivity contribution in [2.24, 2.45) is 0 Å². The van der Waals surface area contributed by atoms with Crippen molar-refractivity contribution in [3.05, 3.63) is 65.5 Å². The summed E-state index contributed by atoms with van der Waals surface area (Å²) in [6.07, 6.45) is 3.42. The molecule has 0 heterocycles. The third kappa shape index (κ3) is 3.68. The minimum atomic E-state index is -3.16. The fourth-order valence-electron chi connectivity index (χ4n) is 2.99. The molecule has 1 unspecified atom stereocenters. The molecule has 0 bridgehead atoms. The quantitative estimate of drug-likeness (QED) is 0.868. The molecule has 24 heavy (non-hydrogen) atoms. The van der Waals surface area contributed by atoms with Gasteiger partial charge in [0, 0.05) is 24.3 Å². The van der Waals surface area contributed by atoms with E-state index in [4.69, 9.17) is 0 Å². The molecular formula is C19H22FNO2S. The molecule has 5 heteroatoms. The lowest BCUT2D eigenvalue weighted by Gasteiger charge is -2.21. The fourth-order valence-corrected chi connectivity index (χ4v) is 3.62. The van der Waals surface area contributed by atoms with Gasteiger partial charge in [0.15, 0.2) is 9.84 Å². The van der Waals surface area contributed by atoms with Gasteiger partial charge in [-0.25, -0.2) is 12.8 Å². The number of hydrogen-bond acceptors (Lipinski definition) is 3. The van der Waals surface area contributed by atoms with Crippen molar-refractivity contribution < 1.29 is 12.8 Å². The second kappa shape index (κ2) is 6.30. The Balaban J connectivity index is 1.65. The van der Waals surface area contributed by atoms with Crippen LogP contribution in [0, 0.1) is 5.82 Å². The van der Waals surface area contributed by atoms with Gasteiger partial charge in [0.25, 0.3) is 0 Å². The van der Waals surface area contributed by atoms with Crippen LogP contribution in [0.25, 0.3) is 0 Å². The van der Waals surface area contributed by atoms with Crippen LogP contribution in [-0.4, -0.2) is 21.2 Å². The molecule has 0 aromatic heterocycles. The van der Waals surface area contributed by atoms with Crippen LogP contribution in [0.4, 0.5) is 4.39 Å². The summed E-state index contributed by atoms with van der Waals surface area (Å²) >= 11 is 0. The van der Waals surface area contributed by atoms with Gasteiger partial charge in [-0.3, -0.25) is 0 Å². The van der Waals surface area contributed by atoms with Gasteiger partial charge in [-0.05, 0) is 55.2 Å². The van der Waals surface area contributed by atoms with Crippen LogP contribution in [0.3, 0.4) is 0 Å². The summed E-state index contributed by atoms with van der Waals surface area (Å²) in [5.41, 5.74) is 2.34. The Morgan fingerprint density at radius 3 is 2.17 bits per heavy atom. The Kier molecular flexibility index (Phi) is 4.49. The summed E-state index contributed by atoms with van der Waals surface area (Å²) in [6, 6.07) is 13.9. The fraction of sp³-hybridized carbons (Fsp3) is 0.368. The molecule has 3 rings (SSSR count). The summed E-state index contributed by atoms with van der Waals surface area (Å²) in [4.78, 5) is 0.337. The predicted octanol–water partition coefficient (Wildman–Crippen LogP) is 3.61. The van der Waals surface area contributed by atoms with E-state index in [0.717, 1.165) is 24.9 Å². The minimum Gasteiger partial charge on any atom is -0.309 e. The monoisotopic (exact) mass is 347 g/mol. The Labute approximate surface area is 142 Å². The Morgan fingerprint density at radius 1 is 1.08 bits per heavy atom. The van der Waals surface area contributed by atoms with Gasteiger partial charge in [-0.15, -0.1) is 0 Å². The van der Waals surface area contributed by atoms with E-state index >= 15 is 0 Å². The number of hydrogen-bond donors (Lipinski definition) is 1. The van der Waals surface area contributed by atoms with E-state index in [-0.39, 0.29) is 17.3 Å². The molecule has 128 valence electrons. The molecule has 1 atom stereocenters. The zero-order valence-corrected chi connectivity index (χ0v) is 14.7. The third-order valence-corrected chi connectivity index (χ3v) is 5.99. The van der Waals surface area contributed by atoms with Gasteiger partial charge in [-0.2, -0.15) is 0 Å². The zero-order valence-electron chi connectivity index (χ0n) is 13.9. The summed E-state index contributed by atoms with van der Waals surface area (Å²) in [5.74, 6) is -0.207. The van der Waals surface area contributed by atoms with E-state index < -0.39 is 9.84 Å². The van der Waals surface area contributed by atoms with Crippen LogP contribution in [0.1, 0.15) is 36.9 Å². The van der Waals surface area contributed by atoms with Crippen LogP contribution in [-0.2, 0) is 15.3 Å². The summed E-state index contributed by atoms with van der Waals surface area (Å²) in [6.45, 7) is 2.89. The first kappa shape index (κ1) is 17.1. The molecule has 2 aromatic carbocycles. The van der Waals surface area contributed by atoms with Gasteiger partial charge >= 0.3 is 0 Å². The predicted molar refractivity (Wildman–Crippen MR) is 93.3 cm³/mol. The molecular weight excluding hydrogens is 325 g/mol. The molecule has 1 N–H and O–H groups in total. The molecule has 2 aromatic rings. The highest BCUT2D eigenvalue weighted by Gasteiger charge is 2.43. The lowest BCUT2D eigenvalue weighted by Crippen LogP contribution is -2.29. The van der Waals surface area contributed by atoms with Crippen LogP contribution in [0.15, 0.2) is 53.4 Å². The number of benzene rings is 2. The molecule has 0 spiro atoms. The Morgan fingerprint density at radius 2 is 1.67 bits per heavy atom. The molecule has 0 aliphatic heterocycles. The largest absolute Gasteiger partial charge is 0.309 e. The van der Waals surface area contributed by atoms with Gasteiger partial charge in [0.2, 0.25) is 0 Å². The first-order valence-corrected chi connectivity index (χ1v) is 9.99. The smallest absolute Gasteiger partial charge is 0.175 e. The maximum Gasteiger partial charge on any atom is 0.175 e. The van der Waals surface area contributed by atoms with Crippen LogP contribution in [0.2, 0.25) is 0 Å². The molecule has 1 saturated carbocycles. The van der Waals surface area contributed by atoms with Crippen molar-refractivity contribution in [3.8, 4) is 0 Å². The highest BCUT2D eigenvalue weighted by Crippen LogP contribution is 2.47. The van der Waals surface area contributed by atoms with E-state index in [9.17, 15) is 12.8 Å². The zero-order chi connectivity index (χ0) is 17.4. The van der Waals surface area contributed by atoms with E-state index in [1.165, 1.54) is 24.0 Å². The average molecular weight is 347 g/mol. The first-order valence-electron chi connectivity index (χ1n) is 8.10. The minimum absolute atomic E-state index is 0.106. The molecule has 0 amide bonds. The van der Waals surface area contributed by atoms with Crippen LogP contribution >= 0.6 is 0 Å². The number of rotatable bonds is 6. The first-order chi connectivity index (χ1) is 11.3. The van der Waals surface area contributed by atoms with E-state index in [1.807, 2.05) is 24.3 Å². The van der Waals surface area contributed by atoms with E-state index in [0.29, 0.717) is 4.90 Å². The molecule has 0 radical (unpaired) electrons. The summed E-state index contributed by atoms with van der Waals surface area (Å²) in [5, 5.41) is 3.53. The van der Waals surface area contributed by atoms with Gasteiger partial charge in [0.05, 0.1) is 4.90 Å². The van der Waals surface area contributed by atoms with Crippen LogP contribution in [0.5, 0.6) is 0 Å². The van der Waals surface area contributed by atoms with Crippen LogP contribution < -0.4 is 5.32 Å². The van der Waals surface area contributed by atoms with Gasteiger partial charge in [0.1, 0.15) is 5.82 Å². The Hall–Kier alpha value is -1.72. The SMILES string of the molecule is CC(NCC1(c2ccc(F)cc2)CC1)c1ccc(S(C)(=O)=O)cc1. The molecule has 1 aliphatic rings. The normalized spacial score (nSPS) is 17.5. The van der Waals surface area contributed by atoms with Crippen molar-refractivity contribution >= 4 is 9.84 Å². The average Bonchev–Trinajstić information content (AvgIpc) is 3.34. The lowest BCUT2D eigenvalue weighted by atomic mass is 9.95. The van der Waals surface area contributed by atoms with Crippen molar-refractivity contribution in [3.63, 3.8) is 0 Å². The standard InChI is InChI=1S/C19H22FNO2S/c1-14(15-3-9-18(10-4-15)24(2,22)23)21-13-19(11-12-19)16-5-7-17(20)8-6-16/h3-10,14,21H,11-13H2,1-2H3. The number of nitrogens with one attached hydrogen (secondary N) is 1. The number of sulfone groups is 1. The highest BCUT2D eigenvalue weighted by molar-refractivity contribution is 7.90. The van der Waals surface area contributed by atoms with Gasteiger partial charge < -0.3 is 5.32 Å². The second-order valence-electron chi connectivity index (χ2n) is 6.73. The molecule has 1 fully saturated rings. The molecule has 0 saturated heterocycles. The van der Waals surface area contributed by atoms with Crippen molar-refractivity contribution in [1.29, 1.82) is 0 Å². The maximum absolute atomic E-state index is 13.1. The summed E-state index contributed by atoms with van der Waals surface area (Å²) < 4.78 is 36.1. The van der Waals surface area contributed by atoms with E-state index in [1.54, 1.807) is 12.1 Å². The van der Waals surface area contributed by atoms with Gasteiger partial charge in [-0.1, -0.05) is 24.3 Å². The molecule has 3 nitrogen and oxygen atoms in total. The number of halogens is 1. The topological polar surface area (TPSA) is 46.2 Å². The third-order valence-electron chi connectivity index (χ3n) is 4.87. The van der Waals surface area contributed by atoms with Crippen molar-refractivity contribution in [1.82, 2.24) is 5.32 Å². The molecule has 1 aliphatic carbocycles. The highest BCUT2D eigenvalue weighted by atomic mass is 32.2.